The lowest BCUT2D eigenvalue weighted by Gasteiger charge is -2.32. The molecule has 1 aromatic carbocycles. The maximum absolute atomic E-state index is 13.1. The summed E-state index contributed by atoms with van der Waals surface area (Å²) in [5, 5.41) is 10.7. The van der Waals surface area contributed by atoms with Crippen molar-refractivity contribution >= 4 is 11.8 Å². The number of benzene rings is 1. The van der Waals surface area contributed by atoms with Crippen LogP contribution >= 0.6 is 0 Å². The second-order valence-electron chi connectivity index (χ2n) is 6.39. The second-order valence-corrected chi connectivity index (χ2v) is 6.39. The Kier molecular flexibility index (Phi) is 6.12. The van der Waals surface area contributed by atoms with Gasteiger partial charge >= 0.3 is 0 Å². The SMILES string of the molecule is COCCNC(=O)c1cn(C2CCCN(C(=O)c3ccc(F)cc3)C2)nn1. The molecule has 1 unspecified atom stereocenters. The number of hydrogen-bond acceptors (Lipinski definition) is 5. The van der Waals surface area contributed by atoms with Crippen LogP contribution < -0.4 is 5.32 Å². The molecule has 8 nitrogen and oxygen atoms in total. The van der Waals surface area contributed by atoms with Gasteiger partial charge in [-0.05, 0) is 37.1 Å². The van der Waals surface area contributed by atoms with E-state index >= 15 is 0 Å². The number of nitrogens with zero attached hydrogens (tertiary/aromatic N) is 4. The number of carbonyl (C=O) groups is 2. The molecule has 1 aromatic heterocycles. The number of halogens is 1. The molecule has 0 spiro atoms. The Balaban J connectivity index is 1.63. The number of nitrogens with one attached hydrogen (secondary N) is 1. The van der Waals surface area contributed by atoms with Gasteiger partial charge in [0.25, 0.3) is 11.8 Å². The molecule has 3 rings (SSSR count). The third kappa shape index (κ3) is 4.68. The van der Waals surface area contributed by atoms with Gasteiger partial charge in [0.2, 0.25) is 0 Å². The minimum atomic E-state index is -0.373. The number of hydrogen-bond donors (Lipinski definition) is 1. The van der Waals surface area contributed by atoms with Gasteiger partial charge in [-0.15, -0.1) is 5.10 Å². The summed E-state index contributed by atoms with van der Waals surface area (Å²) in [5.74, 6) is -0.826. The summed E-state index contributed by atoms with van der Waals surface area (Å²) in [7, 11) is 1.56. The molecule has 0 radical (unpaired) electrons. The standard InChI is InChI=1S/C18H22FN5O3/c1-27-10-8-20-17(25)16-12-24(22-21-16)15-3-2-9-23(11-15)18(26)13-4-6-14(19)7-5-13/h4-7,12,15H,2-3,8-11H2,1H3,(H,20,25). The summed E-state index contributed by atoms with van der Waals surface area (Å²) < 4.78 is 19.6. The van der Waals surface area contributed by atoms with Crippen molar-refractivity contribution < 1.29 is 18.7 Å². The number of piperidine rings is 1. The average Bonchev–Trinajstić information content (AvgIpc) is 3.19. The lowest BCUT2D eigenvalue weighted by Crippen LogP contribution is -2.40. The quantitative estimate of drug-likeness (QED) is 0.768. The van der Waals surface area contributed by atoms with Crippen molar-refractivity contribution in [2.45, 2.75) is 18.9 Å². The number of amides is 2. The third-order valence-electron chi connectivity index (χ3n) is 4.48. The van der Waals surface area contributed by atoms with Gasteiger partial charge in [-0.1, -0.05) is 5.21 Å². The average molecular weight is 375 g/mol. The highest BCUT2D eigenvalue weighted by molar-refractivity contribution is 5.94. The summed E-state index contributed by atoms with van der Waals surface area (Å²) in [6, 6.07) is 5.47. The minimum Gasteiger partial charge on any atom is -0.383 e. The Morgan fingerprint density at radius 3 is 2.85 bits per heavy atom. The number of likely N-dealkylation sites (tertiary alicyclic amines) is 1. The fourth-order valence-electron chi connectivity index (χ4n) is 3.05. The van der Waals surface area contributed by atoms with Crippen molar-refractivity contribution in [3.05, 3.63) is 47.5 Å². The normalized spacial score (nSPS) is 17.0. The van der Waals surface area contributed by atoms with Crippen LogP contribution in [0.3, 0.4) is 0 Å². The van der Waals surface area contributed by atoms with Crippen LogP contribution in [0.15, 0.2) is 30.5 Å². The van der Waals surface area contributed by atoms with Gasteiger partial charge in [0.15, 0.2) is 5.69 Å². The van der Waals surface area contributed by atoms with Gasteiger partial charge in [0, 0.05) is 32.3 Å². The van der Waals surface area contributed by atoms with Gasteiger partial charge in [0.05, 0.1) is 18.8 Å². The highest BCUT2D eigenvalue weighted by Gasteiger charge is 2.27. The van der Waals surface area contributed by atoms with Crippen molar-refractivity contribution in [2.75, 3.05) is 33.4 Å². The zero-order valence-electron chi connectivity index (χ0n) is 15.1. The second kappa shape index (κ2) is 8.72. The van der Waals surface area contributed by atoms with E-state index in [4.69, 9.17) is 4.74 Å². The van der Waals surface area contributed by atoms with Gasteiger partial charge in [-0.3, -0.25) is 9.59 Å². The number of aromatic nitrogens is 3. The molecule has 1 aliphatic heterocycles. The fourth-order valence-corrected chi connectivity index (χ4v) is 3.05. The molecule has 27 heavy (non-hydrogen) atoms. The number of carbonyl (C=O) groups excluding carboxylic acids is 2. The summed E-state index contributed by atoms with van der Waals surface area (Å²) in [6.45, 7) is 1.91. The molecule has 0 aliphatic carbocycles. The summed E-state index contributed by atoms with van der Waals surface area (Å²) >= 11 is 0. The largest absolute Gasteiger partial charge is 0.383 e. The molecule has 2 amide bonds. The van der Waals surface area contributed by atoms with Crippen molar-refractivity contribution in [3.8, 4) is 0 Å². The molecule has 1 atom stereocenters. The highest BCUT2D eigenvalue weighted by atomic mass is 19.1. The monoisotopic (exact) mass is 375 g/mol. The maximum atomic E-state index is 13.1. The molecule has 1 N–H and O–H groups in total. The van der Waals surface area contributed by atoms with Crippen LogP contribution in [0, 0.1) is 5.82 Å². The summed E-state index contributed by atoms with van der Waals surface area (Å²) in [4.78, 5) is 26.4. The predicted molar refractivity (Wildman–Crippen MR) is 94.8 cm³/mol. The van der Waals surface area contributed by atoms with Crippen LogP contribution in [0.1, 0.15) is 39.7 Å². The van der Waals surface area contributed by atoms with Crippen LogP contribution in [-0.2, 0) is 4.74 Å². The first-order chi connectivity index (χ1) is 13.1. The smallest absolute Gasteiger partial charge is 0.273 e. The lowest BCUT2D eigenvalue weighted by molar-refractivity contribution is 0.0671. The lowest BCUT2D eigenvalue weighted by atomic mass is 10.0. The molecule has 2 aromatic rings. The number of ether oxygens (including phenoxy) is 1. The van der Waals surface area contributed by atoms with Gasteiger partial charge in [0.1, 0.15) is 5.82 Å². The summed E-state index contributed by atoms with van der Waals surface area (Å²) in [6.07, 6.45) is 3.24. The zero-order chi connectivity index (χ0) is 19.2. The van der Waals surface area contributed by atoms with Gasteiger partial charge in [-0.25, -0.2) is 9.07 Å². The third-order valence-corrected chi connectivity index (χ3v) is 4.48. The molecule has 0 bridgehead atoms. The van der Waals surface area contributed by atoms with Crippen molar-refractivity contribution in [1.29, 1.82) is 0 Å². The van der Waals surface area contributed by atoms with Crippen LogP contribution in [-0.4, -0.2) is 65.1 Å². The molecule has 1 fully saturated rings. The van der Waals surface area contributed by atoms with E-state index in [-0.39, 0.29) is 29.4 Å². The summed E-state index contributed by atoms with van der Waals surface area (Å²) in [5.41, 5.74) is 0.682. The van der Waals surface area contributed by atoms with E-state index in [1.807, 2.05) is 0 Å². The zero-order valence-corrected chi connectivity index (χ0v) is 15.1. The maximum Gasteiger partial charge on any atom is 0.273 e. The highest BCUT2D eigenvalue weighted by Crippen LogP contribution is 2.22. The van der Waals surface area contributed by atoms with Gasteiger partial charge in [-0.2, -0.15) is 0 Å². The molecule has 144 valence electrons. The Hall–Kier alpha value is -2.81. The van der Waals surface area contributed by atoms with E-state index in [1.54, 1.807) is 22.9 Å². The first-order valence-corrected chi connectivity index (χ1v) is 8.82. The first kappa shape index (κ1) is 19.0. The Morgan fingerprint density at radius 1 is 1.33 bits per heavy atom. The fraction of sp³-hybridized carbons (Fsp3) is 0.444. The van der Waals surface area contributed by atoms with E-state index in [0.29, 0.717) is 31.8 Å². The molecule has 9 heteroatoms. The van der Waals surface area contributed by atoms with Gasteiger partial charge < -0.3 is 15.0 Å². The van der Waals surface area contributed by atoms with E-state index in [1.165, 1.54) is 24.3 Å². The molecular weight excluding hydrogens is 353 g/mol. The van der Waals surface area contributed by atoms with Crippen LogP contribution in [0.2, 0.25) is 0 Å². The van der Waals surface area contributed by atoms with Crippen molar-refractivity contribution in [2.24, 2.45) is 0 Å². The van der Waals surface area contributed by atoms with E-state index in [0.717, 1.165) is 12.8 Å². The predicted octanol–water partition coefficient (Wildman–Crippen LogP) is 1.27. The van der Waals surface area contributed by atoms with E-state index in [9.17, 15) is 14.0 Å². The molecular formula is C18H22FN5O3. The molecule has 1 saturated heterocycles. The Labute approximate surface area is 156 Å². The van der Waals surface area contributed by atoms with E-state index < -0.39 is 0 Å². The van der Waals surface area contributed by atoms with Crippen LogP contribution in [0.5, 0.6) is 0 Å². The number of rotatable bonds is 6. The van der Waals surface area contributed by atoms with Crippen molar-refractivity contribution in [1.82, 2.24) is 25.2 Å². The Bertz CT molecular complexity index is 793. The van der Waals surface area contributed by atoms with Crippen molar-refractivity contribution in [3.63, 3.8) is 0 Å². The molecule has 0 saturated carbocycles. The van der Waals surface area contributed by atoms with Crippen LogP contribution in [0.25, 0.3) is 0 Å². The first-order valence-electron chi connectivity index (χ1n) is 8.82. The molecule has 2 heterocycles. The topological polar surface area (TPSA) is 89.4 Å². The molecule has 1 aliphatic rings. The van der Waals surface area contributed by atoms with Crippen LogP contribution in [0.4, 0.5) is 4.39 Å². The minimum absolute atomic E-state index is 0.0591. The number of methoxy groups -OCH3 is 1. The van der Waals surface area contributed by atoms with E-state index in [2.05, 4.69) is 15.6 Å². The Morgan fingerprint density at radius 2 is 2.11 bits per heavy atom.